The summed E-state index contributed by atoms with van der Waals surface area (Å²) in [6, 6.07) is 0.248. The molecule has 2 heterocycles. The highest BCUT2D eigenvalue weighted by Gasteiger charge is 2.45. The smallest absolute Gasteiger partial charge is 0.357 e. The van der Waals surface area contributed by atoms with Gasteiger partial charge in [0.1, 0.15) is 0 Å². The summed E-state index contributed by atoms with van der Waals surface area (Å²) in [5, 5.41) is 0. The van der Waals surface area contributed by atoms with Crippen LogP contribution in [0.15, 0.2) is 18.5 Å². The zero-order valence-electron chi connectivity index (χ0n) is 10.8. The van der Waals surface area contributed by atoms with E-state index < -0.39 is 47.1 Å². The molecule has 0 saturated carbocycles. The van der Waals surface area contributed by atoms with E-state index in [1.54, 1.807) is 0 Å². The van der Waals surface area contributed by atoms with Crippen LogP contribution in [0.2, 0.25) is 0 Å². The summed E-state index contributed by atoms with van der Waals surface area (Å²) in [4.78, 5) is 16.6. The van der Waals surface area contributed by atoms with Gasteiger partial charge in [0.25, 0.3) is 11.8 Å². The maximum atomic E-state index is 13.3. The Kier molecular flexibility index (Phi) is 3.83. The average molecular weight is 324 g/mol. The van der Waals surface area contributed by atoms with Crippen LogP contribution < -0.4 is 4.18 Å². The molecule has 1 atom stereocenters. The zero-order chi connectivity index (χ0) is 15.8. The Morgan fingerprint density at radius 2 is 2.14 bits per heavy atom. The molecule has 1 aliphatic heterocycles. The molecule has 116 valence electrons. The number of pyridine rings is 1. The van der Waals surface area contributed by atoms with E-state index in [0.29, 0.717) is 0 Å². The van der Waals surface area contributed by atoms with Crippen molar-refractivity contribution < 1.29 is 30.1 Å². The number of amides is 1. The number of hydrogen-bond acceptors (Lipinski definition) is 5. The molecule has 0 radical (unpaired) electrons. The number of nitrogens with zero attached hydrogens (tertiary/aromatic N) is 2. The predicted molar refractivity (Wildman–Crippen MR) is 65.0 cm³/mol. The molecule has 0 aromatic carbocycles. The maximum absolute atomic E-state index is 13.3. The fourth-order valence-electron chi connectivity index (χ4n) is 2.15. The summed E-state index contributed by atoms with van der Waals surface area (Å²) < 4.78 is 63.6. The number of hydrogen-bond donors (Lipinski definition) is 0. The minimum atomic E-state index is -5.25. The fraction of sp³-hybridized carbons (Fsp3) is 0.455. The third kappa shape index (κ3) is 3.84. The number of likely N-dealkylation sites (tertiary alicyclic amines) is 1. The fourth-order valence-corrected chi connectivity index (χ4v) is 2.47. The van der Waals surface area contributed by atoms with Gasteiger partial charge in [0.15, 0.2) is 5.75 Å². The second-order valence-corrected chi connectivity index (χ2v) is 5.68. The first-order chi connectivity index (χ1) is 9.57. The van der Waals surface area contributed by atoms with E-state index in [0.717, 1.165) is 23.4 Å². The van der Waals surface area contributed by atoms with Crippen LogP contribution in [-0.2, 0) is 10.5 Å². The second-order valence-electron chi connectivity index (χ2n) is 4.73. The van der Waals surface area contributed by atoms with Crippen molar-refractivity contribution in [2.45, 2.75) is 25.3 Å². The van der Waals surface area contributed by atoms with Gasteiger partial charge in [-0.1, -0.05) is 3.89 Å². The Hall–Kier alpha value is -1.84. The van der Waals surface area contributed by atoms with E-state index >= 15 is 0 Å². The molecule has 0 N–H and O–H groups in total. The number of rotatable bonds is 3. The largest absolute Gasteiger partial charge is 0.488 e. The lowest BCUT2D eigenvalue weighted by atomic mass is 10.2. The van der Waals surface area contributed by atoms with Crippen LogP contribution in [0.25, 0.3) is 0 Å². The summed E-state index contributed by atoms with van der Waals surface area (Å²) in [7, 11) is -5.25. The molecule has 10 heteroatoms. The number of carbonyl (C=O) groups excluding carboxylic acids is 1. The molecular weight excluding hydrogens is 313 g/mol. The summed E-state index contributed by atoms with van der Waals surface area (Å²) in [6.45, 7) is 0.734. The molecule has 21 heavy (non-hydrogen) atoms. The van der Waals surface area contributed by atoms with Crippen molar-refractivity contribution in [2.24, 2.45) is 0 Å². The minimum Gasteiger partial charge on any atom is -0.357 e. The molecule has 1 fully saturated rings. The standard InChI is InChI=1S/C11H11F3N2O4S/c1-7-3-11(12,13)6-16(7)10(17)8-2-9(5-15-4-8)20-21(14,18)19/h2,4-5,7H,3,6H2,1H3. The van der Waals surface area contributed by atoms with Crippen LogP contribution >= 0.6 is 0 Å². The lowest BCUT2D eigenvalue weighted by Crippen LogP contribution is -2.35. The van der Waals surface area contributed by atoms with Gasteiger partial charge in [0, 0.05) is 18.7 Å². The molecule has 1 unspecified atom stereocenters. The molecule has 1 aromatic rings. The molecule has 2 rings (SSSR count). The molecule has 1 aliphatic rings. The van der Waals surface area contributed by atoms with E-state index in [1.807, 2.05) is 0 Å². The summed E-state index contributed by atoms with van der Waals surface area (Å²) in [5.41, 5.74) is -0.166. The van der Waals surface area contributed by atoms with Crippen LogP contribution in [0.4, 0.5) is 12.7 Å². The van der Waals surface area contributed by atoms with Crippen molar-refractivity contribution in [3.63, 3.8) is 0 Å². The first-order valence-electron chi connectivity index (χ1n) is 5.85. The molecule has 6 nitrogen and oxygen atoms in total. The minimum absolute atomic E-state index is 0.166. The highest BCUT2D eigenvalue weighted by Crippen LogP contribution is 2.32. The van der Waals surface area contributed by atoms with Crippen LogP contribution in [0, 0.1) is 0 Å². The van der Waals surface area contributed by atoms with Gasteiger partial charge in [0.2, 0.25) is 0 Å². The molecular formula is C11H11F3N2O4S. The number of alkyl halides is 2. The van der Waals surface area contributed by atoms with E-state index in [2.05, 4.69) is 9.17 Å². The first kappa shape index (κ1) is 15.5. The van der Waals surface area contributed by atoms with E-state index in [4.69, 9.17) is 0 Å². The lowest BCUT2D eigenvalue weighted by molar-refractivity contribution is 0.0118. The van der Waals surface area contributed by atoms with E-state index in [-0.39, 0.29) is 5.56 Å². The van der Waals surface area contributed by atoms with Gasteiger partial charge in [-0.2, -0.15) is 8.42 Å². The van der Waals surface area contributed by atoms with Crippen molar-refractivity contribution in [3.8, 4) is 5.75 Å². The summed E-state index contributed by atoms with van der Waals surface area (Å²) in [6.07, 6.45) is 1.49. The van der Waals surface area contributed by atoms with Gasteiger partial charge in [-0.25, -0.2) is 8.78 Å². The second kappa shape index (κ2) is 5.17. The van der Waals surface area contributed by atoms with Gasteiger partial charge in [-0.05, 0) is 13.0 Å². The molecule has 0 bridgehead atoms. The Labute approximate surface area is 118 Å². The van der Waals surface area contributed by atoms with Crippen LogP contribution in [0.5, 0.6) is 5.75 Å². The third-order valence-corrected chi connectivity index (χ3v) is 3.34. The zero-order valence-corrected chi connectivity index (χ0v) is 11.6. The van der Waals surface area contributed by atoms with Crippen LogP contribution in [-0.4, -0.2) is 42.7 Å². The van der Waals surface area contributed by atoms with Crippen molar-refractivity contribution in [1.82, 2.24) is 9.88 Å². The number of halogens is 3. The molecule has 1 aromatic heterocycles. The third-order valence-electron chi connectivity index (χ3n) is 2.94. The van der Waals surface area contributed by atoms with Crippen molar-refractivity contribution in [1.29, 1.82) is 0 Å². The topological polar surface area (TPSA) is 76.6 Å². The Bertz CT molecular complexity index is 665. The van der Waals surface area contributed by atoms with Gasteiger partial charge in [-0.15, -0.1) is 0 Å². The van der Waals surface area contributed by atoms with Crippen molar-refractivity contribution in [2.75, 3.05) is 6.54 Å². The highest BCUT2D eigenvalue weighted by molar-refractivity contribution is 7.81. The van der Waals surface area contributed by atoms with Gasteiger partial charge >= 0.3 is 10.5 Å². The van der Waals surface area contributed by atoms with Gasteiger partial charge < -0.3 is 9.08 Å². The van der Waals surface area contributed by atoms with Crippen LogP contribution in [0.3, 0.4) is 0 Å². The summed E-state index contributed by atoms with van der Waals surface area (Å²) >= 11 is 0. The number of aromatic nitrogens is 1. The van der Waals surface area contributed by atoms with E-state index in [9.17, 15) is 25.9 Å². The highest BCUT2D eigenvalue weighted by atomic mass is 32.3. The first-order valence-corrected chi connectivity index (χ1v) is 7.16. The quantitative estimate of drug-likeness (QED) is 0.788. The van der Waals surface area contributed by atoms with Gasteiger partial charge in [0.05, 0.1) is 18.3 Å². The van der Waals surface area contributed by atoms with Crippen LogP contribution in [0.1, 0.15) is 23.7 Å². The number of carbonyl (C=O) groups is 1. The SMILES string of the molecule is CC1CC(F)(F)CN1C(=O)c1cncc(OS(=O)(=O)F)c1. The maximum Gasteiger partial charge on any atom is 0.488 e. The van der Waals surface area contributed by atoms with Crippen molar-refractivity contribution >= 4 is 16.4 Å². The molecule has 0 aliphatic carbocycles. The Balaban J connectivity index is 2.22. The Morgan fingerprint density at radius 3 is 2.67 bits per heavy atom. The Morgan fingerprint density at radius 1 is 1.48 bits per heavy atom. The average Bonchev–Trinajstić information content (AvgIpc) is 2.60. The normalized spacial score (nSPS) is 21.3. The predicted octanol–water partition coefficient (Wildman–Crippen LogP) is 1.54. The van der Waals surface area contributed by atoms with Crippen molar-refractivity contribution in [3.05, 3.63) is 24.0 Å². The molecule has 1 amide bonds. The monoisotopic (exact) mass is 324 g/mol. The lowest BCUT2D eigenvalue weighted by Gasteiger charge is -2.20. The molecule has 1 saturated heterocycles. The molecule has 0 spiro atoms. The van der Waals surface area contributed by atoms with E-state index in [1.165, 1.54) is 6.92 Å². The van der Waals surface area contributed by atoms with Gasteiger partial charge in [-0.3, -0.25) is 9.78 Å². The summed E-state index contributed by atoms with van der Waals surface area (Å²) in [5.74, 6) is -4.24.